The first-order valence-electron chi connectivity index (χ1n) is 7.33. The molecule has 2 aromatic carbocycles. The monoisotopic (exact) mass is 296 g/mol. The number of carbonyl (C=O) groups excluding carboxylic acids is 1. The van der Waals surface area contributed by atoms with Crippen molar-refractivity contribution in [2.45, 2.75) is 12.8 Å². The van der Waals surface area contributed by atoms with Crippen molar-refractivity contribution in [2.24, 2.45) is 0 Å². The molecule has 0 saturated carbocycles. The lowest BCUT2D eigenvalue weighted by Gasteiger charge is -2.07. The summed E-state index contributed by atoms with van der Waals surface area (Å²) in [5.41, 5.74) is 2.61. The third-order valence-corrected chi connectivity index (χ3v) is 3.23. The lowest BCUT2D eigenvalue weighted by molar-refractivity contribution is -0.138. The molecule has 22 heavy (non-hydrogen) atoms. The molecular weight excluding hydrogens is 276 g/mol. The van der Waals surface area contributed by atoms with Gasteiger partial charge in [-0.15, -0.1) is 0 Å². The Bertz CT molecular complexity index is 588. The number of esters is 1. The third kappa shape index (κ3) is 5.44. The molecule has 0 unspecified atom stereocenters. The summed E-state index contributed by atoms with van der Waals surface area (Å²) in [4.78, 5) is 10.9. The Morgan fingerprint density at radius 2 is 1.55 bits per heavy atom. The van der Waals surface area contributed by atoms with Gasteiger partial charge in [0, 0.05) is 6.08 Å². The van der Waals surface area contributed by atoms with E-state index in [0.717, 1.165) is 24.7 Å². The zero-order valence-electron chi connectivity index (χ0n) is 12.5. The van der Waals surface area contributed by atoms with E-state index in [0.29, 0.717) is 6.61 Å². The molecule has 0 aliphatic carbocycles. The Labute approximate surface area is 131 Å². The maximum atomic E-state index is 10.9. The molecule has 0 heterocycles. The quantitative estimate of drug-likeness (QED) is 0.424. The number of hydrogen-bond donors (Lipinski definition) is 0. The maximum Gasteiger partial charge on any atom is 0.330 e. The van der Waals surface area contributed by atoms with Gasteiger partial charge in [-0.05, 0) is 36.1 Å². The van der Waals surface area contributed by atoms with Crippen LogP contribution in [0, 0.1) is 0 Å². The molecule has 0 radical (unpaired) electrons. The van der Waals surface area contributed by atoms with Crippen LogP contribution in [0.25, 0.3) is 0 Å². The predicted molar refractivity (Wildman–Crippen MR) is 86.9 cm³/mol. The molecule has 0 fully saturated rings. The SMILES string of the molecule is C=CC(=O)OCCOc1ccc(CCc2ccccc2)cc1. The first-order valence-corrected chi connectivity index (χ1v) is 7.33. The Morgan fingerprint density at radius 1 is 0.909 bits per heavy atom. The van der Waals surface area contributed by atoms with Crippen molar-refractivity contribution < 1.29 is 14.3 Å². The van der Waals surface area contributed by atoms with Crippen LogP contribution in [0.1, 0.15) is 11.1 Å². The number of benzene rings is 2. The lowest BCUT2D eigenvalue weighted by Crippen LogP contribution is -2.10. The van der Waals surface area contributed by atoms with E-state index in [9.17, 15) is 4.79 Å². The standard InChI is InChI=1S/C19H20O3/c1-2-19(20)22-15-14-21-18-12-10-17(11-13-18)9-8-16-6-4-3-5-7-16/h2-7,10-13H,1,8-9,14-15H2. The molecule has 0 saturated heterocycles. The molecule has 0 amide bonds. The van der Waals surface area contributed by atoms with E-state index < -0.39 is 5.97 Å². The summed E-state index contributed by atoms with van der Waals surface area (Å²) >= 11 is 0. The summed E-state index contributed by atoms with van der Waals surface area (Å²) < 4.78 is 10.3. The van der Waals surface area contributed by atoms with Gasteiger partial charge < -0.3 is 9.47 Å². The summed E-state index contributed by atoms with van der Waals surface area (Å²) in [5, 5.41) is 0. The molecule has 3 heteroatoms. The summed E-state index contributed by atoms with van der Waals surface area (Å²) in [6.45, 7) is 3.89. The van der Waals surface area contributed by atoms with Crippen molar-refractivity contribution in [3.05, 3.63) is 78.4 Å². The highest BCUT2D eigenvalue weighted by atomic mass is 16.6. The van der Waals surface area contributed by atoms with Gasteiger partial charge in [-0.2, -0.15) is 0 Å². The van der Waals surface area contributed by atoms with Gasteiger partial charge in [0.2, 0.25) is 0 Å². The molecule has 2 aromatic rings. The second-order valence-corrected chi connectivity index (χ2v) is 4.85. The van der Waals surface area contributed by atoms with Crippen molar-refractivity contribution >= 4 is 5.97 Å². The third-order valence-electron chi connectivity index (χ3n) is 3.23. The van der Waals surface area contributed by atoms with E-state index in [-0.39, 0.29) is 6.61 Å². The highest BCUT2D eigenvalue weighted by Crippen LogP contribution is 2.14. The number of aryl methyl sites for hydroxylation is 2. The molecule has 0 N–H and O–H groups in total. The molecule has 2 rings (SSSR count). The van der Waals surface area contributed by atoms with E-state index in [1.54, 1.807) is 0 Å². The topological polar surface area (TPSA) is 35.5 Å². The molecule has 0 aromatic heterocycles. The Kier molecular flexibility index (Phi) is 6.24. The smallest absolute Gasteiger partial charge is 0.330 e. The van der Waals surface area contributed by atoms with Crippen LogP contribution in [-0.2, 0) is 22.4 Å². The summed E-state index contributed by atoms with van der Waals surface area (Å²) in [5.74, 6) is 0.345. The van der Waals surface area contributed by atoms with Gasteiger partial charge in [0.1, 0.15) is 19.0 Å². The highest BCUT2D eigenvalue weighted by molar-refractivity contribution is 5.81. The van der Waals surface area contributed by atoms with E-state index in [1.807, 2.05) is 18.2 Å². The summed E-state index contributed by atoms with van der Waals surface area (Å²) in [6.07, 6.45) is 3.17. The van der Waals surface area contributed by atoms with Crippen LogP contribution in [-0.4, -0.2) is 19.2 Å². The number of ether oxygens (including phenoxy) is 2. The molecule has 0 aliphatic heterocycles. The van der Waals surface area contributed by atoms with Gasteiger partial charge in [-0.3, -0.25) is 0 Å². The number of rotatable bonds is 8. The first kappa shape index (κ1) is 15.8. The fraction of sp³-hybridized carbons (Fsp3) is 0.211. The number of hydrogen-bond acceptors (Lipinski definition) is 3. The summed E-state index contributed by atoms with van der Waals surface area (Å²) in [7, 11) is 0. The molecular formula is C19H20O3. The first-order chi connectivity index (χ1) is 10.8. The second kappa shape index (κ2) is 8.67. The van der Waals surface area contributed by atoms with Gasteiger partial charge in [0.05, 0.1) is 0 Å². The van der Waals surface area contributed by atoms with Crippen LogP contribution >= 0.6 is 0 Å². The number of carbonyl (C=O) groups is 1. The zero-order valence-corrected chi connectivity index (χ0v) is 12.5. The van der Waals surface area contributed by atoms with Crippen LogP contribution in [0.2, 0.25) is 0 Å². The van der Waals surface area contributed by atoms with Crippen molar-refractivity contribution in [2.75, 3.05) is 13.2 Å². The van der Waals surface area contributed by atoms with Crippen LogP contribution < -0.4 is 4.74 Å². The minimum Gasteiger partial charge on any atom is -0.490 e. The van der Waals surface area contributed by atoms with E-state index >= 15 is 0 Å². The van der Waals surface area contributed by atoms with E-state index in [1.165, 1.54) is 11.1 Å². The largest absolute Gasteiger partial charge is 0.490 e. The lowest BCUT2D eigenvalue weighted by atomic mass is 10.0. The van der Waals surface area contributed by atoms with E-state index in [2.05, 4.69) is 43.0 Å². The molecule has 0 aliphatic rings. The second-order valence-electron chi connectivity index (χ2n) is 4.85. The molecule has 114 valence electrons. The molecule has 0 spiro atoms. The van der Waals surface area contributed by atoms with Gasteiger partial charge in [0.25, 0.3) is 0 Å². The van der Waals surface area contributed by atoms with Crippen LogP contribution in [0.4, 0.5) is 0 Å². The predicted octanol–water partition coefficient (Wildman–Crippen LogP) is 3.58. The maximum absolute atomic E-state index is 10.9. The average Bonchev–Trinajstić information content (AvgIpc) is 2.58. The fourth-order valence-corrected chi connectivity index (χ4v) is 2.05. The Morgan fingerprint density at radius 3 is 2.18 bits per heavy atom. The van der Waals surface area contributed by atoms with Gasteiger partial charge in [-0.1, -0.05) is 49.0 Å². The van der Waals surface area contributed by atoms with Gasteiger partial charge in [-0.25, -0.2) is 4.79 Å². The fourth-order valence-electron chi connectivity index (χ4n) is 2.05. The Balaban J connectivity index is 1.73. The Hall–Kier alpha value is -2.55. The molecule has 0 atom stereocenters. The average molecular weight is 296 g/mol. The van der Waals surface area contributed by atoms with Crippen LogP contribution in [0.5, 0.6) is 5.75 Å². The van der Waals surface area contributed by atoms with Crippen molar-refractivity contribution in [1.29, 1.82) is 0 Å². The van der Waals surface area contributed by atoms with Gasteiger partial charge >= 0.3 is 5.97 Å². The van der Waals surface area contributed by atoms with Crippen molar-refractivity contribution in [3.63, 3.8) is 0 Å². The van der Waals surface area contributed by atoms with E-state index in [4.69, 9.17) is 9.47 Å². The van der Waals surface area contributed by atoms with Crippen LogP contribution in [0.15, 0.2) is 67.3 Å². The normalized spacial score (nSPS) is 10.0. The highest BCUT2D eigenvalue weighted by Gasteiger charge is 1.99. The summed E-state index contributed by atoms with van der Waals surface area (Å²) in [6, 6.07) is 18.4. The minimum absolute atomic E-state index is 0.223. The van der Waals surface area contributed by atoms with Gasteiger partial charge in [0.15, 0.2) is 0 Å². The van der Waals surface area contributed by atoms with Crippen molar-refractivity contribution in [1.82, 2.24) is 0 Å². The minimum atomic E-state index is -0.431. The molecule has 0 bridgehead atoms. The molecule has 3 nitrogen and oxygen atoms in total. The van der Waals surface area contributed by atoms with Crippen LogP contribution in [0.3, 0.4) is 0 Å². The van der Waals surface area contributed by atoms with Crippen molar-refractivity contribution in [3.8, 4) is 5.75 Å². The zero-order chi connectivity index (χ0) is 15.6.